The first-order chi connectivity index (χ1) is 12.3. The second-order valence-electron chi connectivity index (χ2n) is 5.32. The number of methoxy groups -OCH3 is 1. The summed E-state index contributed by atoms with van der Waals surface area (Å²) in [7, 11) is 1.40. The van der Waals surface area contributed by atoms with Gasteiger partial charge in [-0.2, -0.15) is 0 Å². The molecule has 126 valence electrons. The normalized spacial score (nSPS) is 11.1. The molecular formula is C20H18N2O2S. The number of carbonyl (C=O) groups excluding carboxylic acids is 1. The van der Waals surface area contributed by atoms with Crippen molar-refractivity contribution < 1.29 is 9.53 Å². The van der Waals surface area contributed by atoms with Gasteiger partial charge < -0.3 is 4.74 Å². The first-order valence-electron chi connectivity index (χ1n) is 7.96. The van der Waals surface area contributed by atoms with Crippen LogP contribution in [-0.4, -0.2) is 28.8 Å². The highest BCUT2D eigenvalue weighted by Crippen LogP contribution is 2.26. The average molecular weight is 350 g/mol. The maximum Gasteiger partial charge on any atom is 0.306 e. The fourth-order valence-corrected chi connectivity index (χ4v) is 3.27. The van der Waals surface area contributed by atoms with Gasteiger partial charge in [0.15, 0.2) is 5.82 Å². The average Bonchev–Trinajstić information content (AvgIpc) is 2.67. The number of carbonyl (C=O) groups is 1. The van der Waals surface area contributed by atoms with E-state index in [1.807, 2.05) is 66.7 Å². The summed E-state index contributed by atoms with van der Waals surface area (Å²) in [4.78, 5) is 20.6. The van der Waals surface area contributed by atoms with E-state index in [2.05, 4.69) is 9.97 Å². The molecule has 3 aromatic rings. The van der Waals surface area contributed by atoms with Crippen LogP contribution in [0.3, 0.4) is 0 Å². The van der Waals surface area contributed by atoms with Crippen molar-refractivity contribution in [3.8, 4) is 0 Å². The molecule has 0 aliphatic heterocycles. The van der Waals surface area contributed by atoms with Crippen LogP contribution in [-0.2, 0) is 9.53 Å². The zero-order valence-corrected chi connectivity index (χ0v) is 14.7. The SMILES string of the molecule is COC(=O)CCSc1nc(C=Cc2ccccc2)nc2ccccc12. The van der Waals surface area contributed by atoms with Gasteiger partial charge in [-0.3, -0.25) is 4.79 Å². The number of hydrogen-bond acceptors (Lipinski definition) is 5. The predicted molar refractivity (Wildman–Crippen MR) is 102 cm³/mol. The molecule has 5 heteroatoms. The lowest BCUT2D eigenvalue weighted by molar-refractivity contribution is -0.140. The highest BCUT2D eigenvalue weighted by Gasteiger charge is 2.08. The molecule has 0 atom stereocenters. The van der Waals surface area contributed by atoms with Crippen LogP contribution in [0.5, 0.6) is 0 Å². The lowest BCUT2D eigenvalue weighted by Crippen LogP contribution is -2.01. The molecule has 0 amide bonds. The largest absolute Gasteiger partial charge is 0.469 e. The number of benzene rings is 2. The van der Waals surface area contributed by atoms with Gasteiger partial charge in [0.2, 0.25) is 0 Å². The Morgan fingerprint density at radius 1 is 1.04 bits per heavy atom. The van der Waals surface area contributed by atoms with E-state index in [1.54, 1.807) is 11.8 Å². The Labute approximate surface area is 151 Å². The van der Waals surface area contributed by atoms with Crippen molar-refractivity contribution in [1.29, 1.82) is 0 Å². The number of esters is 1. The molecule has 0 aliphatic rings. The second kappa shape index (κ2) is 8.44. The molecule has 4 nitrogen and oxygen atoms in total. The molecule has 0 unspecified atom stereocenters. The first-order valence-corrected chi connectivity index (χ1v) is 8.94. The maximum absolute atomic E-state index is 11.3. The third-order valence-electron chi connectivity index (χ3n) is 3.58. The predicted octanol–water partition coefficient (Wildman–Crippen LogP) is 4.46. The van der Waals surface area contributed by atoms with E-state index in [4.69, 9.17) is 4.74 Å². The molecule has 0 aliphatic carbocycles. The molecule has 0 saturated carbocycles. The van der Waals surface area contributed by atoms with Crippen LogP contribution in [0.2, 0.25) is 0 Å². The molecule has 2 aromatic carbocycles. The molecule has 0 spiro atoms. The van der Waals surface area contributed by atoms with Gasteiger partial charge in [-0.1, -0.05) is 54.6 Å². The Morgan fingerprint density at radius 2 is 1.80 bits per heavy atom. The van der Waals surface area contributed by atoms with Crippen molar-refractivity contribution in [3.05, 3.63) is 66.0 Å². The topological polar surface area (TPSA) is 52.1 Å². The Morgan fingerprint density at radius 3 is 2.60 bits per heavy atom. The van der Waals surface area contributed by atoms with Crippen molar-refractivity contribution in [3.63, 3.8) is 0 Å². The van der Waals surface area contributed by atoms with Gasteiger partial charge in [-0.15, -0.1) is 11.8 Å². The highest BCUT2D eigenvalue weighted by molar-refractivity contribution is 7.99. The first kappa shape index (κ1) is 17.2. The molecule has 0 radical (unpaired) electrons. The quantitative estimate of drug-likeness (QED) is 0.373. The summed E-state index contributed by atoms with van der Waals surface area (Å²) < 4.78 is 4.69. The Bertz CT molecular complexity index is 895. The minimum absolute atomic E-state index is 0.213. The summed E-state index contributed by atoms with van der Waals surface area (Å²) in [5.74, 6) is 1.06. The second-order valence-corrected chi connectivity index (χ2v) is 6.41. The van der Waals surface area contributed by atoms with Crippen LogP contribution in [0, 0.1) is 0 Å². The summed E-state index contributed by atoms with van der Waals surface area (Å²) in [6, 6.07) is 17.9. The highest BCUT2D eigenvalue weighted by atomic mass is 32.2. The minimum atomic E-state index is -0.213. The molecular weight excluding hydrogens is 332 g/mol. The minimum Gasteiger partial charge on any atom is -0.469 e. The van der Waals surface area contributed by atoms with Gasteiger partial charge in [0.25, 0.3) is 0 Å². The standard InChI is InChI=1S/C20H18N2O2S/c1-24-19(23)13-14-25-20-16-9-5-6-10-17(16)21-18(22-20)12-11-15-7-3-2-4-8-15/h2-12H,13-14H2,1H3. The van der Waals surface area contributed by atoms with Crippen LogP contribution in [0.1, 0.15) is 17.8 Å². The van der Waals surface area contributed by atoms with Crippen LogP contribution in [0.25, 0.3) is 23.1 Å². The third kappa shape index (κ3) is 4.67. The smallest absolute Gasteiger partial charge is 0.306 e. The van der Waals surface area contributed by atoms with Gasteiger partial charge in [0.05, 0.1) is 19.0 Å². The fourth-order valence-electron chi connectivity index (χ4n) is 2.32. The van der Waals surface area contributed by atoms with Crippen molar-refractivity contribution in [2.75, 3.05) is 12.9 Å². The number of hydrogen-bond donors (Lipinski definition) is 0. The zero-order valence-electron chi connectivity index (χ0n) is 13.9. The summed E-state index contributed by atoms with van der Waals surface area (Å²) in [5.41, 5.74) is 1.99. The Kier molecular flexibility index (Phi) is 5.80. The Balaban J connectivity index is 1.86. The summed E-state index contributed by atoms with van der Waals surface area (Å²) in [5, 5.41) is 1.87. The molecule has 3 rings (SSSR count). The summed E-state index contributed by atoms with van der Waals surface area (Å²) >= 11 is 1.54. The molecule has 1 aromatic heterocycles. The van der Waals surface area contributed by atoms with Crippen molar-refractivity contribution in [2.45, 2.75) is 11.4 Å². The molecule has 0 N–H and O–H groups in total. The van der Waals surface area contributed by atoms with E-state index in [9.17, 15) is 4.79 Å². The van der Waals surface area contributed by atoms with Gasteiger partial charge in [0.1, 0.15) is 5.03 Å². The van der Waals surface area contributed by atoms with E-state index in [0.29, 0.717) is 18.0 Å². The molecule has 0 fully saturated rings. The van der Waals surface area contributed by atoms with Gasteiger partial charge in [-0.25, -0.2) is 9.97 Å². The zero-order chi connectivity index (χ0) is 17.5. The molecule has 0 bridgehead atoms. The number of fused-ring (bicyclic) bond motifs is 1. The van der Waals surface area contributed by atoms with Crippen LogP contribution in [0.15, 0.2) is 59.6 Å². The van der Waals surface area contributed by atoms with E-state index < -0.39 is 0 Å². The van der Waals surface area contributed by atoms with Crippen LogP contribution in [0.4, 0.5) is 0 Å². The Hall–Kier alpha value is -2.66. The maximum atomic E-state index is 11.3. The summed E-state index contributed by atoms with van der Waals surface area (Å²) in [6.45, 7) is 0. The van der Waals surface area contributed by atoms with Crippen LogP contribution >= 0.6 is 11.8 Å². The lowest BCUT2D eigenvalue weighted by atomic mass is 10.2. The van der Waals surface area contributed by atoms with Crippen molar-refractivity contribution in [2.24, 2.45) is 0 Å². The lowest BCUT2D eigenvalue weighted by Gasteiger charge is -2.06. The monoisotopic (exact) mass is 350 g/mol. The van der Waals surface area contributed by atoms with E-state index in [-0.39, 0.29) is 5.97 Å². The van der Waals surface area contributed by atoms with Gasteiger partial charge in [0, 0.05) is 11.1 Å². The van der Waals surface area contributed by atoms with Gasteiger partial charge >= 0.3 is 5.97 Å². The molecule has 25 heavy (non-hydrogen) atoms. The van der Waals surface area contributed by atoms with E-state index >= 15 is 0 Å². The van der Waals surface area contributed by atoms with Crippen molar-refractivity contribution in [1.82, 2.24) is 9.97 Å². The fraction of sp³-hybridized carbons (Fsp3) is 0.150. The number of rotatable bonds is 6. The van der Waals surface area contributed by atoms with Crippen LogP contribution < -0.4 is 0 Å². The number of nitrogens with zero attached hydrogens (tertiary/aromatic N) is 2. The van der Waals surface area contributed by atoms with Gasteiger partial charge in [-0.05, 0) is 17.7 Å². The van der Waals surface area contributed by atoms with Crippen molar-refractivity contribution >= 4 is 40.8 Å². The molecule has 1 heterocycles. The third-order valence-corrected chi connectivity index (χ3v) is 4.58. The summed E-state index contributed by atoms with van der Waals surface area (Å²) in [6.07, 6.45) is 4.26. The molecule has 0 saturated heterocycles. The number of para-hydroxylation sites is 1. The van der Waals surface area contributed by atoms with E-state index in [1.165, 1.54) is 7.11 Å². The van der Waals surface area contributed by atoms with E-state index in [0.717, 1.165) is 21.5 Å². The number of thioether (sulfide) groups is 1. The number of ether oxygens (including phenoxy) is 1. The number of aromatic nitrogens is 2.